The van der Waals surface area contributed by atoms with Gasteiger partial charge in [-0.2, -0.15) is 0 Å². The average Bonchev–Trinajstić information content (AvgIpc) is 2.91. The predicted molar refractivity (Wildman–Crippen MR) is 80.5 cm³/mol. The molecule has 112 valence electrons. The van der Waals surface area contributed by atoms with Crippen molar-refractivity contribution in [2.45, 2.75) is 25.4 Å². The topological polar surface area (TPSA) is 52.5 Å². The molecule has 1 saturated heterocycles. The van der Waals surface area contributed by atoms with Gasteiger partial charge in [0.25, 0.3) is 0 Å². The summed E-state index contributed by atoms with van der Waals surface area (Å²) >= 11 is 0. The molecule has 0 atom stereocenters. The largest absolute Gasteiger partial charge is 0.496 e. The summed E-state index contributed by atoms with van der Waals surface area (Å²) in [5.41, 5.74) is 1.01. The Kier molecular flexibility index (Phi) is 4.10. The predicted octanol–water partition coefficient (Wildman–Crippen LogP) is 1.95. The van der Waals surface area contributed by atoms with Crippen LogP contribution in [0.5, 0.6) is 5.75 Å². The van der Waals surface area contributed by atoms with Crippen molar-refractivity contribution in [1.82, 2.24) is 9.88 Å². The highest BCUT2D eigenvalue weighted by atomic mass is 16.5. The normalized spacial score (nSPS) is 16.0. The molecule has 2 heterocycles. The lowest BCUT2D eigenvalue weighted by atomic mass is 10.1. The Morgan fingerprint density at radius 1 is 1.38 bits per heavy atom. The minimum atomic E-state index is 0.0437. The lowest BCUT2D eigenvalue weighted by Gasteiger charge is -2.23. The molecule has 1 aromatic carbocycles. The Labute approximate surface area is 123 Å². The van der Waals surface area contributed by atoms with E-state index in [-0.39, 0.29) is 11.9 Å². The van der Waals surface area contributed by atoms with Crippen molar-refractivity contribution in [3.63, 3.8) is 0 Å². The molecule has 0 spiro atoms. The quantitative estimate of drug-likeness (QED) is 0.935. The van der Waals surface area contributed by atoms with Gasteiger partial charge in [-0.25, -0.2) is 0 Å². The molecule has 0 bridgehead atoms. The molecule has 0 radical (unpaired) electrons. The molecule has 5 heteroatoms. The molecule has 1 fully saturated rings. The van der Waals surface area contributed by atoms with Gasteiger partial charge in [0.05, 0.1) is 12.6 Å². The summed E-state index contributed by atoms with van der Waals surface area (Å²) in [4.78, 5) is 12.2. The van der Waals surface area contributed by atoms with Crippen LogP contribution in [-0.4, -0.2) is 36.8 Å². The first-order valence-electron chi connectivity index (χ1n) is 7.27. The van der Waals surface area contributed by atoms with Gasteiger partial charge in [-0.05, 0) is 31.0 Å². The van der Waals surface area contributed by atoms with Gasteiger partial charge in [0.1, 0.15) is 12.3 Å². The van der Waals surface area contributed by atoms with Crippen LogP contribution < -0.4 is 10.1 Å². The van der Waals surface area contributed by atoms with E-state index in [1.807, 2.05) is 35.0 Å². The Morgan fingerprint density at radius 3 is 2.95 bits per heavy atom. The third-order valence-electron chi connectivity index (χ3n) is 3.89. The highest BCUT2D eigenvalue weighted by molar-refractivity contribution is 5.88. The fourth-order valence-corrected chi connectivity index (χ4v) is 2.78. The first-order valence-corrected chi connectivity index (χ1v) is 7.27. The lowest BCUT2D eigenvalue weighted by Crippen LogP contribution is -2.40. The van der Waals surface area contributed by atoms with Crippen LogP contribution in [0.15, 0.2) is 30.5 Å². The fraction of sp³-hybridized carbons (Fsp3) is 0.438. The molecule has 1 N–H and O–H groups in total. The Morgan fingerprint density at radius 2 is 2.19 bits per heavy atom. The van der Waals surface area contributed by atoms with E-state index in [9.17, 15) is 4.79 Å². The molecule has 21 heavy (non-hydrogen) atoms. The average molecular weight is 288 g/mol. The number of rotatable bonds is 4. The van der Waals surface area contributed by atoms with E-state index in [1.54, 1.807) is 7.11 Å². The van der Waals surface area contributed by atoms with Crippen molar-refractivity contribution in [2.24, 2.45) is 0 Å². The molecule has 2 aromatic rings. The molecule has 0 saturated carbocycles. The number of ether oxygens (including phenoxy) is 2. The number of benzene rings is 1. The Balaban J connectivity index is 1.71. The van der Waals surface area contributed by atoms with Crippen LogP contribution in [0.3, 0.4) is 0 Å². The molecule has 1 aliphatic heterocycles. The van der Waals surface area contributed by atoms with E-state index >= 15 is 0 Å². The number of carbonyl (C=O) groups excluding carboxylic acids is 1. The first kappa shape index (κ1) is 13.9. The van der Waals surface area contributed by atoms with Gasteiger partial charge < -0.3 is 19.4 Å². The second kappa shape index (κ2) is 6.18. The van der Waals surface area contributed by atoms with Gasteiger partial charge in [0.2, 0.25) is 5.91 Å². The fourth-order valence-electron chi connectivity index (χ4n) is 2.78. The van der Waals surface area contributed by atoms with E-state index in [0.717, 1.165) is 42.7 Å². The maximum absolute atomic E-state index is 12.2. The van der Waals surface area contributed by atoms with E-state index in [0.29, 0.717) is 6.54 Å². The summed E-state index contributed by atoms with van der Waals surface area (Å²) < 4.78 is 12.6. The second-order valence-electron chi connectivity index (χ2n) is 5.29. The molecule has 0 aliphatic carbocycles. The molecular formula is C16H20N2O3. The van der Waals surface area contributed by atoms with Crippen LogP contribution in [-0.2, 0) is 16.1 Å². The van der Waals surface area contributed by atoms with E-state index < -0.39 is 0 Å². The summed E-state index contributed by atoms with van der Waals surface area (Å²) in [5, 5.41) is 4.11. The minimum absolute atomic E-state index is 0.0437. The van der Waals surface area contributed by atoms with Crippen LogP contribution in [0.4, 0.5) is 0 Å². The highest BCUT2D eigenvalue weighted by Gasteiger charge is 2.16. The number of aromatic nitrogens is 1. The summed E-state index contributed by atoms with van der Waals surface area (Å²) in [6.07, 6.45) is 3.72. The Hall–Kier alpha value is -2.01. The molecule has 1 aliphatic rings. The van der Waals surface area contributed by atoms with E-state index in [4.69, 9.17) is 9.47 Å². The van der Waals surface area contributed by atoms with Crippen LogP contribution >= 0.6 is 0 Å². The smallest absolute Gasteiger partial charge is 0.240 e. The van der Waals surface area contributed by atoms with Crippen molar-refractivity contribution in [3.8, 4) is 5.75 Å². The molecule has 1 aromatic heterocycles. The minimum Gasteiger partial charge on any atom is -0.496 e. The number of nitrogens with one attached hydrogen (secondary N) is 1. The number of carbonyl (C=O) groups is 1. The number of hydrogen-bond donors (Lipinski definition) is 1. The molecule has 1 amide bonds. The maximum Gasteiger partial charge on any atom is 0.240 e. The van der Waals surface area contributed by atoms with Gasteiger partial charge >= 0.3 is 0 Å². The van der Waals surface area contributed by atoms with Crippen LogP contribution in [0.2, 0.25) is 0 Å². The van der Waals surface area contributed by atoms with Gasteiger partial charge in [0.15, 0.2) is 0 Å². The molecule has 0 unspecified atom stereocenters. The van der Waals surface area contributed by atoms with Crippen molar-refractivity contribution in [2.75, 3.05) is 20.3 Å². The second-order valence-corrected chi connectivity index (χ2v) is 5.29. The zero-order valence-electron chi connectivity index (χ0n) is 12.2. The van der Waals surface area contributed by atoms with Crippen LogP contribution in [0.1, 0.15) is 12.8 Å². The van der Waals surface area contributed by atoms with Crippen molar-refractivity contribution in [3.05, 3.63) is 30.5 Å². The summed E-state index contributed by atoms with van der Waals surface area (Å²) in [6, 6.07) is 8.08. The van der Waals surface area contributed by atoms with Crippen molar-refractivity contribution in [1.29, 1.82) is 0 Å². The van der Waals surface area contributed by atoms with Gasteiger partial charge in [-0.1, -0.05) is 6.07 Å². The van der Waals surface area contributed by atoms with Crippen molar-refractivity contribution < 1.29 is 14.3 Å². The SMILES string of the molecule is COc1cccc2c1ccn2CC(=O)NC1CCOCC1. The van der Waals surface area contributed by atoms with Crippen LogP contribution in [0.25, 0.3) is 10.9 Å². The number of fused-ring (bicyclic) bond motifs is 1. The maximum atomic E-state index is 12.2. The number of methoxy groups -OCH3 is 1. The molecule has 3 rings (SSSR count). The summed E-state index contributed by atoms with van der Waals surface area (Å²) in [6.45, 7) is 1.79. The zero-order chi connectivity index (χ0) is 14.7. The van der Waals surface area contributed by atoms with E-state index in [2.05, 4.69) is 5.32 Å². The van der Waals surface area contributed by atoms with Gasteiger partial charge in [0, 0.05) is 30.8 Å². The van der Waals surface area contributed by atoms with E-state index in [1.165, 1.54) is 0 Å². The summed E-state index contributed by atoms with van der Waals surface area (Å²) in [7, 11) is 1.66. The third kappa shape index (κ3) is 3.03. The first-order chi connectivity index (χ1) is 10.3. The van der Waals surface area contributed by atoms with Crippen LogP contribution in [0, 0.1) is 0 Å². The van der Waals surface area contributed by atoms with Crippen molar-refractivity contribution >= 4 is 16.8 Å². The van der Waals surface area contributed by atoms with Gasteiger partial charge in [-0.3, -0.25) is 4.79 Å². The molecule has 5 nitrogen and oxygen atoms in total. The zero-order valence-corrected chi connectivity index (χ0v) is 12.2. The highest BCUT2D eigenvalue weighted by Crippen LogP contribution is 2.26. The van der Waals surface area contributed by atoms with Gasteiger partial charge in [-0.15, -0.1) is 0 Å². The summed E-state index contributed by atoms with van der Waals surface area (Å²) in [5.74, 6) is 0.873. The number of amides is 1. The molecular weight excluding hydrogens is 268 g/mol. The third-order valence-corrected chi connectivity index (χ3v) is 3.89. The number of hydrogen-bond acceptors (Lipinski definition) is 3. The Bertz CT molecular complexity index is 629. The lowest BCUT2D eigenvalue weighted by molar-refractivity contribution is -0.122. The number of nitrogens with zero attached hydrogens (tertiary/aromatic N) is 1. The standard InChI is InChI=1S/C16H20N2O3/c1-20-15-4-2-3-14-13(15)5-8-18(14)11-16(19)17-12-6-9-21-10-7-12/h2-5,8,12H,6-7,9-11H2,1H3,(H,17,19). The monoisotopic (exact) mass is 288 g/mol.